The number of hydrogen-bond donors (Lipinski definition) is 1. The van der Waals surface area contributed by atoms with Crippen molar-refractivity contribution in [1.82, 2.24) is 5.32 Å². The van der Waals surface area contributed by atoms with E-state index in [2.05, 4.69) is 11.4 Å². The second kappa shape index (κ2) is 6.91. The number of nitrogens with one attached hydrogen (secondary N) is 1. The lowest BCUT2D eigenvalue weighted by Gasteiger charge is -2.27. The Kier molecular flexibility index (Phi) is 4.69. The number of hydrogen-bond acceptors (Lipinski definition) is 4. The highest BCUT2D eigenvalue weighted by Crippen LogP contribution is 2.29. The Morgan fingerprint density at radius 3 is 2.83 bits per heavy atom. The van der Waals surface area contributed by atoms with Crippen LogP contribution in [0, 0.1) is 6.92 Å². The van der Waals surface area contributed by atoms with Crippen molar-refractivity contribution < 1.29 is 18.7 Å². The van der Waals surface area contributed by atoms with Crippen molar-refractivity contribution in [3.05, 3.63) is 59.0 Å². The van der Waals surface area contributed by atoms with Crippen molar-refractivity contribution in [2.45, 2.75) is 45.3 Å². The molecule has 0 saturated carbocycles. The number of esters is 1. The first-order valence-corrected chi connectivity index (χ1v) is 8.19. The molecule has 1 aliphatic carbocycles. The van der Waals surface area contributed by atoms with Crippen molar-refractivity contribution in [3.8, 4) is 0 Å². The summed E-state index contributed by atoms with van der Waals surface area (Å²) in [6.07, 6.45) is 3.50. The van der Waals surface area contributed by atoms with Gasteiger partial charge in [-0.3, -0.25) is 4.79 Å². The van der Waals surface area contributed by atoms with Crippen molar-refractivity contribution >= 4 is 11.9 Å². The van der Waals surface area contributed by atoms with Gasteiger partial charge >= 0.3 is 5.97 Å². The summed E-state index contributed by atoms with van der Waals surface area (Å²) in [5, 5.41) is 2.99. The average Bonchev–Trinajstić information content (AvgIpc) is 3.01. The van der Waals surface area contributed by atoms with E-state index in [1.807, 2.05) is 18.2 Å². The topological polar surface area (TPSA) is 68.5 Å². The smallest absolute Gasteiger partial charge is 0.375 e. The van der Waals surface area contributed by atoms with Gasteiger partial charge in [0.15, 0.2) is 6.10 Å². The fourth-order valence-corrected chi connectivity index (χ4v) is 3.04. The summed E-state index contributed by atoms with van der Waals surface area (Å²) in [4.78, 5) is 24.4. The number of furan rings is 1. The second-order valence-corrected chi connectivity index (χ2v) is 6.13. The van der Waals surface area contributed by atoms with E-state index in [-0.39, 0.29) is 17.7 Å². The van der Waals surface area contributed by atoms with Crippen molar-refractivity contribution in [2.75, 3.05) is 0 Å². The molecular formula is C19H21NO4. The molecule has 0 fully saturated rings. The Morgan fingerprint density at radius 1 is 1.29 bits per heavy atom. The molecule has 3 rings (SSSR count). The third-order valence-corrected chi connectivity index (χ3v) is 4.39. The monoisotopic (exact) mass is 327 g/mol. The molecule has 0 aliphatic heterocycles. The Hall–Kier alpha value is -2.56. The molecule has 0 bridgehead atoms. The zero-order chi connectivity index (χ0) is 17.1. The Labute approximate surface area is 141 Å². The van der Waals surface area contributed by atoms with E-state index < -0.39 is 12.1 Å². The van der Waals surface area contributed by atoms with Crippen LogP contribution in [0.15, 0.2) is 41.0 Å². The highest BCUT2D eigenvalue weighted by molar-refractivity contribution is 5.91. The van der Waals surface area contributed by atoms with Crippen LogP contribution in [0.2, 0.25) is 0 Å². The summed E-state index contributed by atoms with van der Waals surface area (Å²) in [7, 11) is 0. The van der Waals surface area contributed by atoms with Crippen molar-refractivity contribution in [3.63, 3.8) is 0 Å². The van der Waals surface area contributed by atoms with Gasteiger partial charge in [-0.05, 0) is 50.3 Å². The van der Waals surface area contributed by atoms with Gasteiger partial charge in [-0.25, -0.2) is 4.79 Å². The van der Waals surface area contributed by atoms with E-state index in [4.69, 9.17) is 9.15 Å². The first-order chi connectivity index (χ1) is 11.6. The Morgan fingerprint density at radius 2 is 2.08 bits per heavy atom. The molecule has 2 aromatic rings. The van der Waals surface area contributed by atoms with Crippen molar-refractivity contribution in [1.29, 1.82) is 0 Å². The summed E-state index contributed by atoms with van der Waals surface area (Å²) in [6, 6.07) is 9.78. The van der Waals surface area contributed by atoms with Gasteiger partial charge in [0.2, 0.25) is 5.76 Å². The molecular weight excluding hydrogens is 306 g/mol. The van der Waals surface area contributed by atoms with Crippen LogP contribution in [0.3, 0.4) is 0 Å². The fraction of sp³-hybridized carbons (Fsp3) is 0.368. The molecule has 5 heteroatoms. The molecule has 0 saturated heterocycles. The van der Waals surface area contributed by atoms with Crippen LogP contribution in [-0.2, 0) is 16.0 Å². The molecule has 1 amide bonds. The number of aryl methyl sites for hydroxylation is 2. The van der Waals surface area contributed by atoms with Gasteiger partial charge in [-0.1, -0.05) is 24.3 Å². The quantitative estimate of drug-likeness (QED) is 0.875. The summed E-state index contributed by atoms with van der Waals surface area (Å²) in [6.45, 7) is 3.32. The molecule has 1 aromatic heterocycles. The minimum atomic E-state index is -0.879. The van der Waals surface area contributed by atoms with E-state index in [1.165, 1.54) is 11.8 Å². The molecule has 5 nitrogen and oxygen atoms in total. The Balaban J connectivity index is 1.63. The van der Waals surface area contributed by atoms with Crippen LogP contribution in [0.25, 0.3) is 0 Å². The predicted octanol–water partition coefficient (Wildman–Crippen LogP) is 3.33. The summed E-state index contributed by atoms with van der Waals surface area (Å²) in [5.74, 6) is -0.781. The summed E-state index contributed by atoms with van der Waals surface area (Å²) >= 11 is 0. The maximum absolute atomic E-state index is 12.4. The molecule has 1 aliphatic rings. The minimum absolute atomic E-state index is 0.0334. The highest BCUT2D eigenvalue weighted by atomic mass is 16.6. The summed E-state index contributed by atoms with van der Waals surface area (Å²) < 4.78 is 10.3. The zero-order valence-corrected chi connectivity index (χ0v) is 13.9. The van der Waals surface area contributed by atoms with Crippen LogP contribution >= 0.6 is 0 Å². The van der Waals surface area contributed by atoms with E-state index in [1.54, 1.807) is 19.9 Å². The standard InChI is InChI=1S/C19H21NO4/c1-12-10-11-23-17(12)19(22)24-13(2)18(21)20-16-9-5-7-14-6-3-4-8-15(14)16/h3-4,6,8,10-11,13,16H,5,7,9H2,1-2H3,(H,20,21)/t13-,16-/m1/s1. The molecule has 1 N–H and O–H groups in total. The van der Waals surface area contributed by atoms with Gasteiger partial charge in [0, 0.05) is 5.56 Å². The fourth-order valence-electron chi connectivity index (χ4n) is 3.04. The molecule has 0 unspecified atom stereocenters. The predicted molar refractivity (Wildman–Crippen MR) is 88.6 cm³/mol. The second-order valence-electron chi connectivity index (χ2n) is 6.13. The number of benzene rings is 1. The highest BCUT2D eigenvalue weighted by Gasteiger charge is 2.26. The van der Waals surface area contributed by atoms with Gasteiger partial charge in [0.1, 0.15) is 0 Å². The van der Waals surface area contributed by atoms with E-state index in [0.717, 1.165) is 24.8 Å². The van der Waals surface area contributed by atoms with E-state index >= 15 is 0 Å². The van der Waals surface area contributed by atoms with E-state index in [9.17, 15) is 9.59 Å². The van der Waals surface area contributed by atoms with E-state index in [0.29, 0.717) is 5.56 Å². The van der Waals surface area contributed by atoms with Crippen LogP contribution in [0.4, 0.5) is 0 Å². The number of carbonyl (C=O) groups excluding carboxylic acids is 2. The largest absolute Gasteiger partial charge is 0.457 e. The van der Waals surface area contributed by atoms with Crippen LogP contribution in [0.1, 0.15) is 53.1 Å². The SMILES string of the molecule is Cc1ccoc1C(=O)O[C@H](C)C(=O)N[C@@H]1CCCc2ccccc21. The lowest BCUT2D eigenvalue weighted by atomic mass is 9.87. The molecule has 126 valence electrons. The van der Waals surface area contributed by atoms with Gasteiger partial charge in [-0.2, -0.15) is 0 Å². The molecule has 1 heterocycles. The maximum atomic E-state index is 12.4. The molecule has 0 spiro atoms. The van der Waals surface area contributed by atoms with Gasteiger partial charge in [0.25, 0.3) is 5.91 Å². The minimum Gasteiger partial charge on any atom is -0.457 e. The summed E-state index contributed by atoms with van der Waals surface area (Å²) in [5.41, 5.74) is 3.11. The normalized spacial score (nSPS) is 17.7. The maximum Gasteiger partial charge on any atom is 0.375 e. The lowest BCUT2D eigenvalue weighted by molar-refractivity contribution is -0.130. The lowest BCUT2D eigenvalue weighted by Crippen LogP contribution is -2.39. The van der Waals surface area contributed by atoms with Crippen LogP contribution in [-0.4, -0.2) is 18.0 Å². The van der Waals surface area contributed by atoms with Crippen LogP contribution < -0.4 is 5.32 Å². The van der Waals surface area contributed by atoms with Gasteiger partial charge in [-0.15, -0.1) is 0 Å². The number of carbonyl (C=O) groups is 2. The first kappa shape index (κ1) is 16.3. The molecule has 1 aromatic carbocycles. The third kappa shape index (κ3) is 3.35. The number of rotatable bonds is 4. The number of ether oxygens (including phenoxy) is 1. The number of amides is 1. The molecule has 0 radical (unpaired) electrons. The zero-order valence-electron chi connectivity index (χ0n) is 13.9. The van der Waals surface area contributed by atoms with Gasteiger partial charge < -0.3 is 14.5 Å². The average molecular weight is 327 g/mol. The Bertz CT molecular complexity index is 749. The molecule has 2 atom stereocenters. The van der Waals surface area contributed by atoms with Crippen molar-refractivity contribution in [2.24, 2.45) is 0 Å². The first-order valence-electron chi connectivity index (χ1n) is 8.19. The van der Waals surface area contributed by atoms with Gasteiger partial charge in [0.05, 0.1) is 12.3 Å². The third-order valence-electron chi connectivity index (χ3n) is 4.39. The number of fused-ring (bicyclic) bond motifs is 1. The molecule has 24 heavy (non-hydrogen) atoms. The van der Waals surface area contributed by atoms with Crippen LogP contribution in [0.5, 0.6) is 0 Å².